The van der Waals surface area contributed by atoms with Gasteiger partial charge in [0.25, 0.3) is 0 Å². The van der Waals surface area contributed by atoms with Crippen LogP contribution >= 0.6 is 0 Å². The third-order valence-corrected chi connectivity index (χ3v) is 3.10. The van der Waals surface area contributed by atoms with Crippen LogP contribution in [-0.2, 0) is 19.2 Å². The van der Waals surface area contributed by atoms with Crippen LogP contribution in [0.3, 0.4) is 0 Å². The van der Waals surface area contributed by atoms with Crippen molar-refractivity contribution < 1.29 is 19.2 Å². The molecule has 0 aromatic rings. The summed E-state index contributed by atoms with van der Waals surface area (Å²) in [5.74, 6) is -1.32. The van der Waals surface area contributed by atoms with E-state index in [2.05, 4.69) is 16.0 Å². The van der Waals surface area contributed by atoms with Gasteiger partial charge >= 0.3 is 0 Å². The van der Waals surface area contributed by atoms with Gasteiger partial charge in [0.1, 0.15) is 12.1 Å². The first-order chi connectivity index (χ1) is 8.56. The van der Waals surface area contributed by atoms with Gasteiger partial charge in [0.2, 0.25) is 23.6 Å². The Morgan fingerprint density at radius 2 is 1.89 bits per heavy atom. The van der Waals surface area contributed by atoms with Crippen molar-refractivity contribution in [2.24, 2.45) is 0 Å². The summed E-state index contributed by atoms with van der Waals surface area (Å²) in [5.41, 5.74) is 0. The molecule has 18 heavy (non-hydrogen) atoms. The summed E-state index contributed by atoms with van der Waals surface area (Å²) in [6, 6.07) is -1.26. The van der Waals surface area contributed by atoms with Gasteiger partial charge in [-0.05, 0) is 19.3 Å². The largest absolute Gasteiger partial charge is 0.344 e. The lowest BCUT2D eigenvalue weighted by Crippen LogP contribution is -2.57. The van der Waals surface area contributed by atoms with Gasteiger partial charge in [-0.1, -0.05) is 0 Å². The average molecular weight is 253 g/mol. The summed E-state index contributed by atoms with van der Waals surface area (Å²) in [6.07, 6.45) is 2.19. The molecule has 7 heteroatoms. The molecule has 2 rings (SSSR count). The molecule has 2 aliphatic heterocycles. The Labute approximate surface area is 104 Å². The molecule has 0 aromatic heterocycles. The van der Waals surface area contributed by atoms with Gasteiger partial charge < -0.3 is 10.6 Å². The van der Waals surface area contributed by atoms with Crippen molar-refractivity contribution in [3.05, 3.63) is 0 Å². The predicted octanol–water partition coefficient (Wildman–Crippen LogP) is -1.42. The van der Waals surface area contributed by atoms with Crippen LogP contribution in [-0.4, -0.2) is 35.7 Å². The lowest BCUT2D eigenvalue weighted by Gasteiger charge is -2.26. The highest BCUT2D eigenvalue weighted by molar-refractivity contribution is 6.02. The molecular weight excluding hydrogens is 238 g/mol. The minimum Gasteiger partial charge on any atom is -0.344 e. The fourth-order valence-corrected chi connectivity index (χ4v) is 2.11. The first-order valence-electron chi connectivity index (χ1n) is 5.99. The highest BCUT2D eigenvalue weighted by atomic mass is 16.2. The van der Waals surface area contributed by atoms with Crippen molar-refractivity contribution in [3.63, 3.8) is 0 Å². The van der Waals surface area contributed by atoms with Crippen LogP contribution in [0.25, 0.3) is 0 Å². The molecule has 3 N–H and O–H groups in total. The maximum Gasteiger partial charge on any atom is 0.249 e. The van der Waals surface area contributed by atoms with E-state index in [0.29, 0.717) is 25.7 Å². The molecule has 4 amide bonds. The van der Waals surface area contributed by atoms with E-state index in [-0.39, 0.29) is 24.1 Å². The van der Waals surface area contributed by atoms with Crippen molar-refractivity contribution in [3.8, 4) is 0 Å². The Bertz CT molecular complexity index is 407. The molecule has 2 unspecified atom stereocenters. The molecule has 98 valence electrons. The number of hydrogen-bond donors (Lipinski definition) is 3. The molecule has 0 spiro atoms. The van der Waals surface area contributed by atoms with Crippen LogP contribution in [0.4, 0.5) is 0 Å². The molecule has 0 aliphatic carbocycles. The van der Waals surface area contributed by atoms with E-state index in [4.69, 9.17) is 0 Å². The van der Waals surface area contributed by atoms with E-state index >= 15 is 0 Å². The molecule has 0 saturated carbocycles. The zero-order valence-electron chi connectivity index (χ0n) is 9.82. The summed E-state index contributed by atoms with van der Waals surface area (Å²) in [7, 11) is 0. The standard InChI is InChI=1S/C11H15N3O4/c15-8-3-1-2-6(12-8)10(17)13-7-4-5-9(16)14-11(7)18/h6-7H,1-5H2,(H,12,15)(H,13,17)(H,14,16,18). The highest BCUT2D eigenvalue weighted by Gasteiger charge is 2.31. The first kappa shape index (κ1) is 12.5. The number of carbonyl (C=O) groups is 4. The van der Waals surface area contributed by atoms with Crippen molar-refractivity contribution in [1.82, 2.24) is 16.0 Å². The van der Waals surface area contributed by atoms with E-state index < -0.39 is 18.0 Å². The molecule has 0 bridgehead atoms. The summed E-state index contributed by atoms with van der Waals surface area (Å²) in [5, 5.41) is 7.31. The third kappa shape index (κ3) is 2.85. The lowest BCUT2D eigenvalue weighted by atomic mass is 10.0. The Morgan fingerprint density at radius 1 is 1.11 bits per heavy atom. The molecular formula is C11H15N3O4. The molecule has 7 nitrogen and oxygen atoms in total. The molecule has 2 aliphatic rings. The Kier molecular flexibility index (Phi) is 3.59. The van der Waals surface area contributed by atoms with E-state index in [0.717, 1.165) is 0 Å². The second-order valence-electron chi connectivity index (χ2n) is 4.52. The summed E-state index contributed by atoms with van der Waals surface area (Å²) < 4.78 is 0. The van der Waals surface area contributed by atoms with Crippen LogP contribution in [0.1, 0.15) is 32.1 Å². The predicted molar refractivity (Wildman–Crippen MR) is 60.1 cm³/mol. The quantitative estimate of drug-likeness (QED) is 0.525. The Balaban J connectivity index is 1.88. The monoisotopic (exact) mass is 253 g/mol. The van der Waals surface area contributed by atoms with Crippen molar-refractivity contribution in [2.45, 2.75) is 44.2 Å². The Morgan fingerprint density at radius 3 is 2.56 bits per heavy atom. The maximum absolute atomic E-state index is 11.8. The topological polar surface area (TPSA) is 104 Å². The van der Waals surface area contributed by atoms with Crippen LogP contribution in [0.2, 0.25) is 0 Å². The second-order valence-corrected chi connectivity index (χ2v) is 4.52. The van der Waals surface area contributed by atoms with Gasteiger partial charge in [-0.15, -0.1) is 0 Å². The number of piperidine rings is 2. The normalized spacial score (nSPS) is 28.3. The summed E-state index contributed by atoms with van der Waals surface area (Å²) >= 11 is 0. The number of rotatable bonds is 2. The minimum atomic E-state index is -0.686. The second kappa shape index (κ2) is 5.16. The maximum atomic E-state index is 11.8. The molecule has 2 heterocycles. The van der Waals surface area contributed by atoms with Crippen molar-refractivity contribution >= 4 is 23.6 Å². The first-order valence-corrected chi connectivity index (χ1v) is 5.99. The zero-order chi connectivity index (χ0) is 13.1. The molecule has 2 fully saturated rings. The van der Waals surface area contributed by atoms with E-state index in [9.17, 15) is 19.2 Å². The van der Waals surface area contributed by atoms with Gasteiger partial charge in [-0.3, -0.25) is 24.5 Å². The van der Waals surface area contributed by atoms with Gasteiger partial charge in [-0.2, -0.15) is 0 Å². The van der Waals surface area contributed by atoms with Crippen LogP contribution in [0, 0.1) is 0 Å². The molecule has 2 saturated heterocycles. The van der Waals surface area contributed by atoms with E-state index in [1.54, 1.807) is 0 Å². The van der Waals surface area contributed by atoms with E-state index in [1.165, 1.54) is 0 Å². The van der Waals surface area contributed by atoms with Gasteiger partial charge in [0.15, 0.2) is 0 Å². The van der Waals surface area contributed by atoms with Crippen LogP contribution < -0.4 is 16.0 Å². The fraction of sp³-hybridized carbons (Fsp3) is 0.636. The summed E-state index contributed by atoms with van der Waals surface area (Å²) in [6.45, 7) is 0. The van der Waals surface area contributed by atoms with Crippen molar-refractivity contribution in [2.75, 3.05) is 0 Å². The molecule has 0 aromatic carbocycles. The smallest absolute Gasteiger partial charge is 0.249 e. The highest BCUT2D eigenvalue weighted by Crippen LogP contribution is 2.10. The molecule has 0 radical (unpaired) electrons. The fourth-order valence-electron chi connectivity index (χ4n) is 2.11. The third-order valence-electron chi connectivity index (χ3n) is 3.10. The number of amides is 4. The number of imide groups is 1. The average Bonchev–Trinajstić information content (AvgIpc) is 2.32. The van der Waals surface area contributed by atoms with Gasteiger partial charge in [-0.25, -0.2) is 0 Å². The summed E-state index contributed by atoms with van der Waals surface area (Å²) in [4.78, 5) is 45.4. The van der Waals surface area contributed by atoms with Gasteiger partial charge in [0.05, 0.1) is 0 Å². The Hall–Kier alpha value is -1.92. The van der Waals surface area contributed by atoms with Crippen molar-refractivity contribution in [1.29, 1.82) is 0 Å². The molecule has 2 atom stereocenters. The number of hydrogen-bond acceptors (Lipinski definition) is 4. The SMILES string of the molecule is O=C1CCC(NC(=O)C2CCCC(=O)N2)C(=O)N1. The minimum absolute atomic E-state index is 0.148. The number of nitrogens with one attached hydrogen (secondary N) is 3. The number of carbonyl (C=O) groups excluding carboxylic acids is 4. The lowest BCUT2D eigenvalue weighted by molar-refractivity contribution is -0.138. The van der Waals surface area contributed by atoms with Crippen LogP contribution in [0.15, 0.2) is 0 Å². The van der Waals surface area contributed by atoms with Gasteiger partial charge in [0, 0.05) is 12.8 Å². The zero-order valence-corrected chi connectivity index (χ0v) is 9.82. The van der Waals surface area contributed by atoms with E-state index in [1.807, 2.05) is 0 Å². The van der Waals surface area contributed by atoms with Crippen LogP contribution in [0.5, 0.6) is 0 Å².